The SMILES string of the molecule is COc1cccc(C2C(S(=O)(=O)NCCc3ccccc3OC)CON2C)c1. The van der Waals surface area contributed by atoms with Crippen LogP contribution in [0.5, 0.6) is 11.5 Å². The van der Waals surface area contributed by atoms with Crippen LogP contribution in [0, 0.1) is 0 Å². The first-order chi connectivity index (χ1) is 13.5. The van der Waals surface area contributed by atoms with Crippen molar-refractivity contribution in [2.75, 3.05) is 34.4 Å². The molecular weight excluding hydrogens is 380 g/mol. The van der Waals surface area contributed by atoms with Gasteiger partial charge >= 0.3 is 0 Å². The summed E-state index contributed by atoms with van der Waals surface area (Å²) >= 11 is 0. The highest BCUT2D eigenvalue weighted by Gasteiger charge is 2.43. The fraction of sp³-hybridized carbons (Fsp3) is 0.400. The van der Waals surface area contributed by atoms with E-state index in [0.29, 0.717) is 12.2 Å². The highest BCUT2D eigenvalue weighted by atomic mass is 32.2. The molecule has 1 N–H and O–H groups in total. The Labute approximate surface area is 166 Å². The Bertz CT molecular complexity index is 903. The van der Waals surface area contributed by atoms with E-state index in [0.717, 1.165) is 16.9 Å². The van der Waals surface area contributed by atoms with Gasteiger partial charge in [-0.2, -0.15) is 5.06 Å². The second kappa shape index (κ2) is 8.91. The number of nitrogens with one attached hydrogen (secondary N) is 1. The van der Waals surface area contributed by atoms with Crippen LogP contribution < -0.4 is 14.2 Å². The number of hydroxylamine groups is 2. The summed E-state index contributed by atoms with van der Waals surface area (Å²) < 4.78 is 39.3. The lowest BCUT2D eigenvalue weighted by Crippen LogP contribution is -2.40. The standard InChI is InChI=1S/C20H26N2O5S/c1-22-20(16-8-6-9-17(13-16)25-2)19(14-27-22)28(23,24)21-12-11-15-7-4-5-10-18(15)26-3/h4-10,13,19-21H,11-12,14H2,1-3H3. The van der Waals surface area contributed by atoms with E-state index in [9.17, 15) is 8.42 Å². The number of ether oxygens (including phenoxy) is 2. The Kier molecular flexibility index (Phi) is 6.56. The average molecular weight is 407 g/mol. The lowest BCUT2D eigenvalue weighted by molar-refractivity contribution is -0.110. The van der Waals surface area contributed by atoms with Gasteiger partial charge in [0.2, 0.25) is 10.0 Å². The van der Waals surface area contributed by atoms with Crippen LogP contribution in [-0.4, -0.2) is 53.1 Å². The highest BCUT2D eigenvalue weighted by Crippen LogP contribution is 2.34. The van der Waals surface area contributed by atoms with Gasteiger partial charge in [-0.25, -0.2) is 13.1 Å². The first-order valence-corrected chi connectivity index (χ1v) is 10.6. The smallest absolute Gasteiger partial charge is 0.218 e. The van der Waals surface area contributed by atoms with Crippen LogP contribution in [0.4, 0.5) is 0 Å². The number of sulfonamides is 1. The van der Waals surface area contributed by atoms with Crippen molar-refractivity contribution in [3.63, 3.8) is 0 Å². The number of hydrogen-bond donors (Lipinski definition) is 1. The van der Waals surface area contributed by atoms with Gasteiger partial charge in [-0.1, -0.05) is 30.3 Å². The summed E-state index contributed by atoms with van der Waals surface area (Å²) in [5, 5.41) is 0.876. The van der Waals surface area contributed by atoms with Gasteiger partial charge in [0.15, 0.2) is 0 Å². The summed E-state index contributed by atoms with van der Waals surface area (Å²) in [7, 11) is 1.34. The molecule has 1 saturated heterocycles. The van der Waals surface area contributed by atoms with Gasteiger partial charge in [0.1, 0.15) is 16.7 Å². The summed E-state index contributed by atoms with van der Waals surface area (Å²) in [6, 6.07) is 14.6. The molecule has 2 aromatic rings. The molecule has 0 saturated carbocycles. The lowest BCUT2D eigenvalue weighted by Gasteiger charge is -2.23. The first-order valence-electron chi connectivity index (χ1n) is 9.06. The third-order valence-corrected chi connectivity index (χ3v) is 6.71. The van der Waals surface area contributed by atoms with Gasteiger partial charge in [0.25, 0.3) is 0 Å². The minimum Gasteiger partial charge on any atom is -0.497 e. The summed E-state index contributed by atoms with van der Waals surface area (Å²) in [5.41, 5.74) is 1.79. The van der Waals surface area contributed by atoms with Crippen molar-refractivity contribution in [3.05, 3.63) is 59.7 Å². The molecule has 0 amide bonds. The Morgan fingerprint density at radius 3 is 2.68 bits per heavy atom. The number of rotatable bonds is 8. The van der Waals surface area contributed by atoms with Crippen LogP contribution in [0.3, 0.4) is 0 Å². The van der Waals surface area contributed by atoms with E-state index >= 15 is 0 Å². The molecule has 1 aliphatic heterocycles. The summed E-state index contributed by atoms with van der Waals surface area (Å²) in [6.07, 6.45) is 0.538. The maximum absolute atomic E-state index is 13.0. The number of para-hydroxylation sites is 1. The second-order valence-corrected chi connectivity index (χ2v) is 8.59. The summed E-state index contributed by atoms with van der Waals surface area (Å²) in [4.78, 5) is 5.55. The molecule has 2 atom stereocenters. The Hall–Kier alpha value is -2.13. The van der Waals surface area contributed by atoms with Gasteiger partial charge in [-0.05, 0) is 35.7 Å². The Balaban J connectivity index is 1.72. The summed E-state index contributed by atoms with van der Waals surface area (Å²) in [5.74, 6) is 1.43. The van der Waals surface area contributed by atoms with Crippen LogP contribution in [0.2, 0.25) is 0 Å². The zero-order valence-corrected chi connectivity index (χ0v) is 17.1. The number of hydrogen-bond acceptors (Lipinski definition) is 6. The van der Waals surface area contributed by atoms with Crippen molar-refractivity contribution in [1.82, 2.24) is 9.79 Å². The van der Waals surface area contributed by atoms with E-state index in [1.807, 2.05) is 48.5 Å². The Morgan fingerprint density at radius 1 is 1.14 bits per heavy atom. The van der Waals surface area contributed by atoms with Crippen LogP contribution in [0.1, 0.15) is 17.2 Å². The van der Waals surface area contributed by atoms with Gasteiger partial charge in [0, 0.05) is 13.6 Å². The zero-order chi connectivity index (χ0) is 20.1. The summed E-state index contributed by atoms with van der Waals surface area (Å²) in [6.45, 7) is 0.385. The molecular formula is C20H26N2O5S. The van der Waals surface area contributed by atoms with E-state index < -0.39 is 21.3 Å². The van der Waals surface area contributed by atoms with Gasteiger partial charge in [0.05, 0.1) is 26.9 Å². The molecule has 0 spiro atoms. The van der Waals surface area contributed by atoms with Crippen molar-refractivity contribution < 1.29 is 22.7 Å². The molecule has 1 heterocycles. The zero-order valence-electron chi connectivity index (χ0n) is 16.3. The predicted octanol–water partition coefficient (Wildman–Crippen LogP) is 2.15. The van der Waals surface area contributed by atoms with E-state index in [4.69, 9.17) is 14.3 Å². The molecule has 0 aliphatic carbocycles. The lowest BCUT2D eigenvalue weighted by atomic mass is 10.0. The predicted molar refractivity (Wildman–Crippen MR) is 107 cm³/mol. The van der Waals surface area contributed by atoms with E-state index in [1.165, 1.54) is 0 Å². The molecule has 1 fully saturated rings. The van der Waals surface area contributed by atoms with Gasteiger partial charge in [-0.15, -0.1) is 0 Å². The molecule has 2 unspecified atom stereocenters. The van der Waals surface area contributed by atoms with Crippen LogP contribution in [-0.2, 0) is 21.3 Å². The molecule has 8 heteroatoms. The molecule has 2 aromatic carbocycles. The van der Waals surface area contributed by atoms with Gasteiger partial charge < -0.3 is 9.47 Å². The number of methoxy groups -OCH3 is 2. The van der Waals surface area contributed by atoms with Crippen molar-refractivity contribution in [2.45, 2.75) is 17.7 Å². The first kappa shape index (κ1) is 20.6. The van der Waals surface area contributed by atoms with E-state index in [-0.39, 0.29) is 13.2 Å². The fourth-order valence-electron chi connectivity index (χ4n) is 3.45. The molecule has 0 aromatic heterocycles. The van der Waals surface area contributed by atoms with Crippen LogP contribution in [0.25, 0.3) is 0 Å². The molecule has 0 radical (unpaired) electrons. The van der Waals surface area contributed by atoms with Crippen molar-refractivity contribution >= 4 is 10.0 Å². The second-order valence-electron chi connectivity index (χ2n) is 6.60. The van der Waals surface area contributed by atoms with Crippen LogP contribution >= 0.6 is 0 Å². The third-order valence-electron chi connectivity index (χ3n) is 4.91. The average Bonchev–Trinajstić information content (AvgIpc) is 3.10. The van der Waals surface area contributed by atoms with Gasteiger partial charge in [-0.3, -0.25) is 4.84 Å². The maximum Gasteiger partial charge on any atom is 0.218 e. The molecule has 7 nitrogen and oxygen atoms in total. The Morgan fingerprint density at radius 2 is 1.93 bits per heavy atom. The molecule has 3 rings (SSSR count). The molecule has 0 bridgehead atoms. The fourth-order valence-corrected chi connectivity index (χ4v) is 4.96. The largest absolute Gasteiger partial charge is 0.497 e. The molecule has 152 valence electrons. The van der Waals surface area contributed by atoms with Crippen LogP contribution in [0.15, 0.2) is 48.5 Å². The van der Waals surface area contributed by atoms with Crippen molar-refractivity contribution in [3.8, 4) is 11.5 Å². The minimum absolute atomic E-state index is 0.0996. The minimum atomic E-state index is -3.60. The third kappa shape index (κ3) is 4.47. The van der Waals surface area contributed by atoms with Crippen molar-refractivity contribution in [2.24, 2.45) is 0 Å². The molecule has 28 heavy (non-hydrogen) atoms. The highest BCUT2D eigenvalue weighted by molar-refractivity contribution is 7.90. The molecule has 1 aliphatic rings. The number of nitrogens with zero attached hydrogens (tertiary/aromatic N) is 1. The van der Waals surface area contributed by atoms with Crippen molar-refractivity contribution in [1.29, 1.82) is 0 Å². The monoisotopic (exact) mass is 406 g/mol. The van der Waals surface area contributed by atoms with E-state index in [2.05, 4.69) is 4.72 Å². The van der Waals surface area contributed by atoms with E-state index in [1.54, 1.807) is 26.3 Å². The normalized spacial score (nSPS) is 20.2. The maximum atomic E-state index is 13.0. The number of benzene rings is 2. The topological polar surface area (TPSA) is 77.1 Å². The quantitative estimate of drug-likeness (QED) is 0.724.